The topological polar surface area (TPSA) is 78.9 Å². The fourth-order valence-electron chi connectivity index (χ4n) is 4.04. The third-order valence-corrected chi connectivity index (χ3v) is 5.85. The molecule has 1 N–H and O–H groups in total. The van der Waals surface area contributed by atoms with Crippen LogP contribution in [0.15, 0.2) is 85.1 Å². The molecule has 0 saturated carbocycles. The summed E-state index contributed by atoms with van der Waals surface area (Å²) in [5, 5.41) is 5.05. The first-order chi connectivity index (χ1) is 18.7. The van der Waals surface area contributed by atoms with E-state index in [1.54, 1.807) is 56.8 Å². The second-order valence-corrected chi connectivity index (χ2v) is 8.39. The van der Waals surface area contributed by atoms with E-state index in [9.17, 15) is 18.0 Å². The van der Waals surface area contributed by atoms with Crippen LogP contribution in [0.3, 0.4) is 0 Å². The van der Waals surface area contributed by atoms with E-state index in [1.807, 2.05) is 18.2 Å². The van der Waals surface area contributed by atoms with Crippen LogP contribution in [0.5, 0.6) is 28.7 Å². The molecule has 5 aromatic rings. The van der Waals surface area contributed by atoms with Crippen molar-refractivity contribution in [2.75, 3.05) is 19.5 Å². The van der Waals surface area contributed by atoms with Gasteiger partial charge in [-0.1, -0.05) is 12.1 Å². The number of aromatic nitrogens is 1. The van der Waals surface area contributed by atoms with Crippen LogP contribution in [-0.4, -0.2) is 31.5 Å². The molecule has 198 valence electrons. The summed E-state index contributed by atoms with van der Waals surface area (Å²) in [7, 11) is 3.10. The highest BCUT2D eigenvalue weighted by molar-refractivity contribution is 6.06. The number of fused-ring (bicyclic) bond motifs is 2. The lowest BCUT2D eigenvalue weighted by atomic mass is 10.1. The van der Waals surface area contributed by atoms with Gasteiger partial charge in [-0.05, 0) is 71.4 Å². The minimum atomic E-state index is -4.79. The van der Waals surface area contributed by atoms with E-state index in [0.29, 0.717) is 39.8 Å². The van der Waals surface area contributed by atoms with Crippen molar-refractivity contribution in [1.82, 2.24) is 4.98 Å². The summed E-state index contributed by atoms with van der Waals surface area (Å²) in [4.78, 5) is 17.2. The van der Waals surface area contributed by atoms with Gasteiger partial charge in [0.05, 0.1) is 19.7 Å². The summed E-state index contributed by atoms with van der Waals surface area (Å²) in [6, 6.07) is 20.9. The quantitative estimate of drug-likeness (QED) is 0.235. The molecule has 39 heavy (non-hydrogen) atoms. The van der Waals surface area contributed by atoms with Gasteiger partial charge in [0.25, 0.3) is 5.91 Å². The number of nitrogens with one attached hydrogen (secondary N) is 1. The molecule has 0 bridgehead atoms. The summed E-state index contributed by atoms with van der Waals surface area (Å²) in [6.45, 7) is 0. The van der Waals surface area contributed by atoms with Crippen LogP contribution >= 0.6 is 0 Å². The van der Waals surface area contributed by atoms with Crippen molar-refractivity contribution in [1.29, 1.82) is 0 Å². The molecule has 0 atom stereocenters. The number of ether oxygens (including phenoxy) is 4. The third-order valence-electron chi connectivity index (χ3n) is 5.85. The number of methoxy groups -OCH3 is 2. The van der Waals surface area contributed by atoms with Gasteiger partial charge in [-0.25, -0.2) is 0 Å². The summed E-state index contributed by atoms with van der Waals surface area (Å²) < 4.78 is 57.9. The normalized spacial score (nSPS) is 11.3. The van der Waals surface area contributed by atoms with Gasteiger partial charge < -0.3 is 24.3 Å². The van der Waals surface area contributed by atoms with E-state index >= 15 is 0 Å². The number of pyridine rings is 1. The molecular formula is C29H21F3N2O5. The predicted octanol–water partition coefficient (Wildman–Crippen LogP) is 7.35. The first kappa shape index (κ1) is 25.7. The minimum Gasteiger partial charge on any atom is -0.493 e. The second kappa shape index (κ2) is 10.4. The Morgan fingerprint density at radius 2 is 1.46 bits per heavy atom. The van der Waals surface area contributed by atoms with Gasteiger partial charge in [-0.3, -0.25) is 9.78 Å². The number of carbonyl (C=O) groups excluding carboxylic acids is 1. The fraction of sp³-hybridized carbons (Fsp3) is 0.103. The molecule has 5 rings (SSSR count). The number of anilines is 1. The molecule has 1 aromatic heterocycles. The average Bonchev–Trinajstić information content (AvgIpc) is 2.92. The van der Waals surface area contributed by atoms with Crippen LogP contribution in [0.4, 0.5) is 18.9 Å². The molecule has 0 aliphatic heterocycles. The molecule has 0 radical (unpaired) electrons. The molecule has 7 nitrogen and oxygen atoms in total. The number of rotatable bonds is 7. The maximum absolute atomic E-state index is 12.8. The zero-order valence-electron chi connectivity index (χ0n) is 20.7. The molecule has 10 heteroatoms. The molecule has 0 unspecified atom stereocenters. The zero-order chi connectivity index (χ0) is 27.6. The van der Waals surface area contributed by atoms with Gasteiger partial charge in [0, 0.05) is 28.9 Å². The fourth-order valence-corrected chi connectivity index (χ4v) is 4.04. The SMILES string of the molecule is COc1cc2nccc(Oc3ccc4ccc(C(=O)Nc5ccc(OC(F)(F)F)cc5)cc4c3)c2cc1OC. The van der Waals surface area contributed by atoms with E-state index in [-0.39, 0.29) is 5.75 Å². The second-order valence-electron chi connectivity index (χ2n) is 8.39. The third kappa shape index (κ3) is 5.80. The number of alkyl halides is 3. The highest BCUT2D eigenvalue weighted by Gasteiger charge is 2.31. The van der Waals surface area contributed by atoms with Crippen molar-refractivity contribution in [3.05, 3.63) is 90.6 Å². The van der Waals surface area contributed by atoms with Gasteiger partial charge in [0.1, 0.15) is 17.2 Å². The Labute approximate surface area is 220 Å². The van der Waals surface area contributed by atoms with Gasteiger partial charge in [-0.2, -0.15) is 0 Å². The van der Waals surface area contributed by atoms with Crippen LogP contribution in [0, 0.1) is 0 Å². The lowest BCUT2D eigenvalue weighted by Gasteiger charge is -2.13. The molecule has 0 spiro atoms. The van der Waals surface area contributed by atoms with Gasteiger partial charge in [-0.15, -0.1) is 13.2 Å². The van der Waals surface area contributed by atoms with Crippen molar-refractivity contribution >= 4 is 33.3 Å². The Kier molecular flexibility index (Phi) is 6.84. The molecule has 0 aliphatic rings. The van der Waals surface area contributed by atoms with E-state index in [2.05, 4.69) is 15.0 Å². The lowest BCUT2D eigenvalue weighted by molar-refractivity contribution is -0.274. The largest absolute Gasteiger partial charge is 0.573 e. The molecule has 0 saturated heterocycles. The van der Waals surface area contributed by atoms with Gasteiger partial charge in [0.2, 0.25) is 0 Å². The maximum Gasteiger partial charge on any atom is 0.573 e. The molecule has 0 fully saturated rings. The number of hydrogen-bond acceptors (Lipinski definition) is 6. The first-order valence-electron chi connectivity index (χ1n) is 11.6. The van der Waals surface area contributed by atoms with Gasteiger partial charge in [0.15, 0.2) is 11.5 Å². The molecular weight excluding hydrogens is 513 g/mol. The van der Waals surface area contributed by atoms with Crippen molar-refractivity contribution in [2.24, 2.45) is 0 Å². The summed E-state index contributed by atoms with van der Waals surface area (Å²) in [5.74, 6) is 1.40. The number of benzene rings is 4. The Bertz CT molecular complexity index is 1670. The average molecular weight is 534 g/mol. The maximum atomic E-state index is 12.8. The Hall–Kier alpha value is -4.99. The predicted molar refractivity (Wildman–Crippen MR) is 140 cm³/mol. The molecule has 4 aromatic carbocycles. The minimum absolute atomic E-state index is 0.323. The highest BCUT2D eigenvalue weighted by Crippen LogP contribution is 2.37. The van der Waals surface area contributed by atoms with Crippen LogP contribution < -0.4 is 24.3 Å². The van der Waals surface area contributed by atoms with Crippen molar-refractivity contribution in [3.63, 3.8) is 0 Å². The van der Waals surface area contributed by atoms with Crippen LogP contribution in [0.2, 0.25) is 0 Å². The van der Waals surface area contributed by atoms with Crippen LogP contribution in [0.1, 0.15) is 10.4 Å². The van der Waals surface area contributed by atoms with Crippen molar-refractivity contribution in [2.45, 2.75) is 6.36 Å². The number of hydrogen-bond donors (Lipinski definition) is 1. The van der Waals surface area contributed by atoms with Crippen LogP contribution in [0.25, 0.3) is 21.7 Å². The van der Waals surface area contributed by atoms with Gasteiger partial charge >= 0.3 is 6.36 Å². The molecule has 1 heterocycles. The van der Waals surface area contributed by atoms with Crippen molar-refractivity contribution < 1.29 is 36.9 Å². The monoisotopic (exact) mass is 534 g/mol. The van der Waals surface area contributed by atoms with E-state index in [4.69, 9.17) is 14.2 Å². The Morgan fingerprint density at radius 3 is 2.18 bits per heavy atom. The van der Waals surface area contributed by atoms with Crippen molar-refractivity contribution in [3.8, 4) is 28.7 Å². The summed E-state index contributed by atoms with van der Waals surface area (Å²) >= 11 is 0. The van der Waals surface area contributed by atoms with E-state index in [0.717, 1.165) is 28.3 Å². The Balaban J connectivity index is 1.38. The smallest absolute Gasteiger partial charge is 0.493 e. The highest BCUT2D eigenvalue weighted by atomic mass is 19.4. The number of amides is 1. The lowest BCUT2D eigenvalue weighted by Crippen LogP contribution is -2.17. The first-order valence-corrected chi connectivity index (χ1v) is 11.6. The Morgan fingerprint density at radius 1 is 0.769 bits per heavy atom. The zero-order valence-corrected chi connectivity index (χ0v) is 20.7. The number of nitrogens with zero attached hydrogens (tertiary/aromatic N) is 1. The summed E-state index contributed by atoms with van der Waals surface area (Å²) in [6.07, 6.45) is -3.15. The van der Waals surface area contributed by atoms with E-state index in [1.165, 1.54) is 12.1 Å². The standard InChI is InChI=1S/C29H21F3N2O5/c1-36-26-15-23-24(16-27(26)37-2)33-12-11-25(23)38-22-8-5-17-3-4-18(13-19(17)14-22)28(35)34-20-6-9-21(10-7-20)39-29(30,31)32/h3-16H,1-2H3,(H,34,35). The molecule has 1 amide bonds. The number of carbonyl (C=O) groups is 1. The summed E-state index contributed by atoms with van der Waals surface area (Å²) in [5.41, 5.74) is 1.35. The number of halogens is 3. The molecule has 0 aliphatic carbocycles. The van der Waals surface area contributed by atoms with Crippen LogP contribution in [-0.2, 0) is 0 Å². The van der Waals surface area contributed by atoms with E-state index < -0.39 is 12.3 Å².